The number of halogens is 1. The summed E-state index contributed by atoms with van der Waals surface area (Å²) in [6.45, 7) is 7.81. The number of nitrogens with one attached hydrogen (secondary N) is 1. The molecule has 3 rings (SSSR count). The molecule has 0 aromatic rings. The van der Waals surface area contributed by atoms with Crippen LogP contribution in [0.2, 0.25) is 0 Å². The molecule has 0 saturated carbocycles. The molecular formula is C17H31ClN4O2S. The maximum atomic E-state index is 12.4. The Kier molecular flexibility index (Phi) is 8.82. The van der Waals surface area contributed by atoms with Crippen molar-refractivity contribution in [2.24, 2.45) is 0 Å². The quantitative estimate of drug-likeness (QED) is 0.747. The lowest BCUT2D eigenvalue weighted by molar-refractivity contribution is -0.129. The third-order valence-corrected chi connectivity index (χ3v) is 6.25. The standard InChI is InChI=1S/C17H30N4O2S.ClH/c22-16(20-7-2-1-3-8-20)13-24-14-17(23)21-9-4-15(12-21)19-10-5-18-6-11-19;/h15,18H,1-14H2;1H. The molecule has 3 saturated heterocycles. The first kappa shape index (κ1) is 20.8. The number of amides is 2. The zero-order chi connectivity index (χ0) is 16.8. The van der Waals surface area contributed by atoms with E-state index in [9.17, 15) is 9.59 Å². The van der Waals surface area contributed by atoms with Gasteiger partial charge in [-0.05, 0) is 25.7 Å². The monoisotopic (exact) mass is 390 g/mol. The Morgan fingerprint density at radius 3 is 2.20 bits per heavy atom. The Labute approximate surface area is 161 Å². The SMILES string of the molecule is Cl.O=C(CSCC(=O)N1CCC(N2CCNCC2)C1)N1CCCCC1. The van der Waals surface area contributed by atoms with Crippen LogP contribution in [0.3, 0.4) is 0 Å². The number of nitrogens with zero attached hydrogens (tertiary/aromatic N) is 3. The average molecular weight is 391 g/mol. The van der Waals surface area contributed by atoms with Crippen LogP contribution >= 0.6 is 24.2 Å². The lowest BCUT2D eigenvalue weighted by Crippen LogP contribution is -2.49. The molecule has 0 spiro atoms. The van der Waals surface area contributed by atoms with E-state index in [1.54, 1.807) is 0 Å². The van der Waals surface area contributed by atoms with Gasteiger partial charge >= 0.3 is 0 Å². The molecule has 3 aliphatic heterocycles. The summed E-state index contributed by atoms with van der Waals surface area (Å²) >= 11 is 1.48. The van der Waals surface area contributed by atoms with Crippen molar-refractivity contribution in [1.82, 2.24) is 20.0 Å². The molecule has 0 aromatic carbocycles. The summed E-state index contributed by atoms with van der Waals surface area (Å²) in [6, 6.07) is 0.524. The van der Waals surface area contributed by atoms with Gasteiger partial charge in [0.1, 0.15) is 0 Å². The van der Waals surface area contributed by atoms with Gasteiger partial charge in [-0.1, -0.05) is 0 Å². The minimum Gasteiger partial charge on any atom is -0.342 e. The average Bonchev–Trinajstić information content (AvgIpc) is 3.13. The Balaban J connectivity index is 0.00000225. The predicted molar refractivity (Wildman–Crippen MR) is 104 cm³/mol. The smallest absolute Gasteiger partial charge is 0.232 e. The molecular weight excluding hydrogens is 360 g/mol. The van der Waals surface area contributed by atoms with E-state index in [4.69, 9.17) is 0 Å². The van der Waals surface area contributed by atoms with Crippen molar-refractivity contribution < 1.29 is 9.59 Å². The summed E-state index contributed by atoms with van der Waals surface area (Å²) in [7, 11) is 0. The lowest BCUT2D eigenvalue weighted by atomic mass is 10.1. The molecule has 0 aromatic heterocycles. The molecule has 144 valence electrons. The van der Waals surface area contributed by atoms with Crippen LogP contribution in [-0.4, -0.2) is 96.4 Å². The van der Waals surface area contributed by atoms with E-state index < -0.39 is 0 Å². The molecule has 3 heterocycles. The number of hydrogen-bond donors (Lipinski definition) is 1. The number of likely N-dealkylation sites (tertiary alicyclic amines) is 2. The fraction of sp³-hybridized carbons (Fsp3) is 0.882. The fourth-order valence-corrected chi connectivity index (χ4v) is 4.68. The number of carbonyl (C=O) groups is 2. The highest BCUT2D eigenvalue weighted by Gasteiger charge is 2.30. The second kappa shape index (κ2) is 10.6. The van der Waals surface area contributed by atoms with Crippen LogP contribution in [0, 0.1) is 0 Å². The van der Waals surface area contributed by atoms with E-state index in [2.05, 4.69) is 10.2 Å². The number of hydrogen-bond acceptors (Lipinski definition) is 5. The minimum absolute atomic E-state index is 0. The first-order valence-corrected chi connectivity index (χ1v) is 10.5. The molecule has 6 nitrogen and oxygen atoms in total. The maximum absolute atomic E-state index is 12.4. The first-order valence-electron chi connectivity index (χ1n) is 9.32. The van der Waals surface area contributed by atoms with Crippen molar-refractivity contribution in [3.05, 3.63) is 0 Å². The van der Waals surface area contributed by atoms with Gasteiger partial charge in [-0.25, -0.2) is 0 Å². The molecule has 0 aliphatic carbocycles. The zero-order valence-electron chi connectivity index (χ0n) is 15.0. The topological polar surface area (TPSA) is 55.9 Å². The Hall–Kier alpha value is -0.500. The largest absolute Gasteiger partial charge is 0.342 e. The minimum atomic E-state index is 0. The van der Waals surface area contributed by atoms with E-state index in [0.29, 0.717) is 17.5 Å². The number of thioether (sulfide) groups is 1. The van der Waals surface area contributed by atoms with Crippen LogP contribution < -0.4 is 5.32 Å². The van der Waals surface area contributed by atoms with Crippen LogP contribution in [0.25, 0.3) is 0 Å². The predicted octanol–water partition coefficient (Wildman–Crippen LogP) is 0.660. The van der Waals surface area contributed by atoms with Crippen LogP contribution in [0.1, 0.15) is 25.7 Å². The van der Waals surface area contributed by atoms with Gasteiger partial charge in [0, 0.05) is 58.4 Å². The molecule has 0 bridgehead atoms. The van der Waals surface area contributed by atoms with Gasteiger partial charge in [-0.2, -0.15) is 0 Å². The van der Waals surface area contributed by atoms with Crippen molar-refractivity contribution in [3.8, 4) is 0 Å². The van der Waals surface area contributed by atoms with Gasteiger partial charge in [-0.15, -0.1) is 24.2 Å². The van der Waals surface area contributed by atoms with E-state index >= 15 is 0 Å². The highest BCUT2D eigenvalue weighted by Crippen LogP contribution is 2.18. The maximum Gasteiger partial charge on any atom is 0.232 e. The molecule has 25 heavy (non-hydrogen) atoms. The Morgan fingerprint density at radius 1 is 0.880 bits per heavy atom. The third kappa shape index (κ3) is 6.01. The zero-order valence-corrected chi connectivity index (χ0v) is 16.6. The number of piperidine rings is 1. The first-order chi connectivity index (χ1) is 11.7. The summed E-state index contributed by atoms with van der Waals surface area (Å²) in [5, 5.41) is 3.38. The van der Waals surface area contributed by atoms with Crippen molar-refractivity contribution in [1.29, 1.82) is 0 Å². The van der Waals surface area contributed by atoms with Gasteiger partial charge < -0.3 is 15.1 Å². The molecule has 8 heteroatoms. The van der Waals surface area contributed by atoms with Crippen LogP contribution in [0.5, 0.6) is 0 Å². The van der Waals surface area contributed by atoms with E-state index in [1.165, 1.54) is 18.2 Å². The van der Waals surface area contributed by atoms with Crippen molar-refractivity contribution in [2.45, 2.75) is 31.7 Å². The van der Waals surface area contributed by atoms with E-state index in [1.807, 2.05) is 9.80 Å². The second-order valence-electron chi connectivity index (χ2n) is 7.00. The molecule has 2 amide bonds. The third-order valence-electron chi connectivity index (χ3n) is 5.34. The van der Waals surface area contributed by atoms with Crippen LogP contribution in [-0.2, 0) is 9.59 Å². The van der Waals surface area contributed by atoms with Gasteiger partial charge in [0.15, 0.2) is 0 Å². The van der Waals surface area contributed by atoms with Gasteiger partial charge in [0.05, 0.1) is 11.5 Å². The highest BCUT2D eigenvalue weighted by molar-refractivity contribution is 8.00. The molecule has 1 N–H and O–H groups in total. The molecule has 0 radical (unpaired) electrons. The Morgan fingerprint density at radius 2 is 1.52 bits per heavy atom. The fourth-order valence-electron chi connectivity index (χ4n) is 3.87. The number of carbonyl (C=O) groups excluding carboxylic acids is 2. The van der Waals surface area contributed by atoms with Crippen molar-refractivity contribution in [2.75, 3.05) is 63.9 Å². The van der Waals surface area contributed by atoms with Gasteiger partial charge in [0.25, 0.3) is 0 Å². The van der Waals surface area contributed by atoms with Gasteiger partial charge in [0.2, 0.25) is 11.8 Å². The summed E-state index contributed by atoms with van der Waals surface area (Å²) in [4.78, 5) is 31.0. The van der Waals surface area contributed by atoms with Crippen LogP contribution in [0.4, 0.5) is 0 Å². The van der Waals surface area contributed by atoms with Crippen LogP contribution in [0.15, 0.2) is 0 Å². The molecule has 3 fully saturated rings. The Bertz CT molecular complexity index is 442. The molecule has 1 unspecified atom stereocenters. The van der Waals surface area contributed by atoms with E-state index in [0.717, 1.165) is 71.6 Å². The summed E-state index contributed by atoms with van der Waals surface area (Å²) in [5.74, 6) is 1.28. The summed E-state index contributed by atoms with van der Waals surface area (Å²) in [5.41, 5.74) is 0. The normalized spacial score (nSPS) is 24.9. The van der Waals surface area contributed by atoms with Crippen molar-refractivity contribution in [3.63, 3.8) is 0 Å². The van der Waals surface area contributed by atoms with Gasteiger partial charge in [-0.3, -0.25) is 14.5 Å². The lowest BCUT2D eigenvalue weighted by Gasteiger charge is -2.32. The highest BCUT2D eigenvalue weighted by atomic mass is 35.5. The number of rotatable bonds is 5. The summed E-state index contributed by atoms with van der Waals surface area (Å²) in [6.07, 6.45) is 4.56. The number of piperazine rings is 1. The van der Waals surface area contributed by atoms with Crippen molar-refractivity contribution >= 4 is 36.0 Å². The molecule has 3 aliphatic rings. The van der Waals surface area contributed by atoms with E-state index in [-0.39, 0.29) is 24.2 Å². The molecule has 1 atom stereocenters. The summed E-state index contributed by atoms with van der Waals surface area (Å²) < 4.78 is 0. The second-order valence-corrected chi connectivity index (χ2v) is 7.99.